The van der Waals surface area contributed by atoms with Gasteiger partial charge in [0.05, 0.1) is 6.21 Å². The van der Waals surface area contributed by atoms with Crippen molar-refractivity contribution >= 4 is 12.5 Å². The SMILES string of the molecule is C=CCON=Cc1cccc(C=O)c1. The highest BCUT2D eigenvalue weighted by molar-refractivity contribution is 5.83. The van der Waals surface area contributed by atoms with Crippen molar-refractivity contribution in [1.82, 2.24) is 0 Å². The summed E-state index contributed by atoms with van der Waals surface area (Å²) in [7, 11) is 0. The van der Waals surface area contributed by atoms with Crippen LogP contribution in [0.2, 0.25) is 0 Å². The number of hydrogen-bond donors (Lipinski definition) is 0. The summed E-state index contributed by atoms with van der Waals surface area (Å²) in [5, 5.41) is 3.69. The van der Waals surface area contributed by atoms with E-state index >= 15 is 0 Å². The molecule has 0 amide bonds. The summed E-state index contributed by atoms with van der Waals surface area (Å²) in [6.45, 7) is 3.87. The number of hydrogen-bond acceptors (Lipinski definition) is 3. The number of carbonyl (C=O) groups excluding carboxylic acids is 1. The molecule has 0 heterocycles. The summed E-state index contributed by atoms with van der Waals surface area (Å²) in [6, 6.07) is 7.09. The van der Waals surface area contributed by atoms with Crippen LogP contribution in [0.1, 0.15) is 15.9 Å². The molecule has 3 heteroatoms. The van der Waals surface area contributed by atoms with Crippen LogP contribution in [-0.4, -0.2) is 19.1 Å². The van der Waals surface area contributed by atoms with Crippen molar-refractivity contribution in [3.05, 3.63) is 48.0 Å². The predicted molar refractivity (Wildman–Crippen MR) is 55.6 cm³/mol. The van der Waals surface area contributed by atoms with Crippen LogP contribution in [0.5, 0.6) is 0 Å². The van der Waals surface area contributed by atoms with E-state index in [4.69, 9.17) is 4.84 Å². The Labute approximate surface area is 82.7 Å². The topological polar surface area (TPSA) is 38.7 Å². The normalized spacial score (nSPS) is 10.0. The molecule has 0 bridgehead atoms. The number of oxime groups is 1. The van der Waals surface area contributed by atoms with Crippen LogP contribution in [0.15, 0.2) is 42.1 Å². The van der Waals surface area contributed by atoms with Gasteiger partial charge in [0.25, 0.3) is 0 Å². The van der Waals surface area contributed by atoms with Gasteiger partial charge in [-0.2, -0.15) is 0 Å². The second-order valence-corrected chi connectivity index (χ2v) is 2.61. The third-order valence-corrected chi connectivity index (χ3v) is 1.52. The van der Waals surface area contributed by atoms with Gasteiger partial charge in [-0.15, -0.1) is 0 Å². The molecule has 0 unspecified atom stereocenters. The van der Waals surface area contributed by atoms with Gasteiger partial charge in [-0.25, -0.2) is 0 Å². The summed E-state index contributed by atoms with van der Waals surface area (Å²) < 4.78 is 0. The summed E-state index contributed by atoms with van der Waals surface area (Å²) >= 11 is 0. The van der Waals surface area contributed by atoms with E-state index in [2.05, 4.69) is 11.7 Å². The van der Waals surface area contributed by atoms with Gasteiger partial charge in [-0.05, 0) is 11.6 Å². The average molecular weight is 189 g/mol. The summed E-state index contributed by atoms with van der Waals surface area (Å²) in [5.41, 5.74) is 1.45. The van der Waals surface area contributed by atoms with Crippen LogP contribution < -0.4 is 0 Å². The Kier molecular flexibility index (Phi) is 4.14. The lowest BCUT2D eigenvalue weighted by atomic mass is 10.1. The van der Waals surface area contributed by atoms with E-state index in [9.17, 15) is 4.79 Å². The van der Waals surface area contributed by atoms with E-state index in [1.165, 1.54) is 0 Å². The molecule has 0 aromatic heterocycles. The van der Waals surface area contributed by atoms with E-state index in [-0.39, 0.29) is 0 Å². The molecular formula is C11H11NO2. The fourth-order valence-electron chi connectivity index (χ4n) is 0.906. The minimum atomic E-state index is 0.379. The molecule has 0 saturated carbocycles. The molecule has 0 N–H and O–H groups in total. The van der Waals surface area contributed by atoms with Crippen LogP contribution in [0.25, 0.3) is 0 Å². The van der Waals surface area contributed by atoms with E-state index in [1.54, 1.807) is 30.5 Å². The fraction of sp³-hybridized carbons (Fsp3) is 0.0909. The van der Waals surface area contributed by atoms with Gasteiger partial charge in [0.2, 0.25) is 0 Å². The first kappa shape index (κ1) is 10.2. The van der Waals surface area contributed by atoms with Crippen LogP contribution in [0, 0.1) is 0 Å². The minimum absolute atomic E-state index is 0.379. The highest BCUT2D eigenvalue weighted by Crippen LogP contribution is 2.00. The summed E-state index contributed by atoms with van der Waals surface area (Å²) in [4.78, 5) is 15.3. The Morgan fingerprint density at radius 1 is 1.43 bits per heavy atom. The first-order valence-corrected chi connectivity index (χ1v) is 4.18. The molecule has 14 heavy (non-hydrogen) atoms. The fourth-order valence-corrected chi connectivity index (χ4v) is 0.906. The van der Waals surface area contributed by atoms with Crippen LogP contribution in [0.3, 0.4) is 0 Å². The van der Waals surface area contributed by atoms with Crippen molar-refractivity contribution in [2.45, 2.75) is 0 Å². The number of nitrogens with zero attached hydrogens (tertiary/aromatic N) is 1. The maximum atomic E-state index is 10.4. The number of carbonyl (C=O) groups is 1. The van der Waals surface area contributed by atoms with Crippen LogP contribution in [-0.2, 0) is 4.84 Å². The van der Waals surface area contributed by atoms with Crippen molar-refractivity contribution in [2.75, 3.05) is 6.61 Å². The zero-order valence-corrected chi connectivity index (χ0v) is 7.72. The lowest BCUT2D eigenvalue weighted by molar-refractivity contribution is 0.112. The molecule has 0 aliphatic carbocycles. The largest absolute Gasteiger partial charge is 0.392 e. The quantitative estimate of drug-likeness (QED) is 0.234. The Morgan fingerprint density at radius 2 is 2.21 bits per heavy atom. The molecule has 1 aromatic rings. The van der Waals surface area contributed by atoms with E-state index in [0.29, 0.717) is 12.2 Å². The lowest BCUT2D eigenvalue weighted by Crippen LogP contribution is -1.87. The standard InChI is InChI=1S/C11H11NO2/c1-2-6-14-12-8-10-4-3-5-11(7-10)9-13/h2-5,7-9H,1,6H2. The maximum Gasteiger partial charge on any atom is 0.150 e. The van der Waals surface area contributed by atoms with Gasteiger partial charge in [-0.1, -0.05) is 36.0 Å². The van der Waals surface area contributed by atoms with E-state index in [0.717, 1.165) is 11.8 Å². The molecule has 0 aliphatic heterocycles. The Bertz CT molecular complexity index is 345. The molecule has 3 nitrogen and oxygen atoms in total. The number of rotatable bonds is 5. The molecule has 0 saturated heterocycles. The van der Waals surface area contributed by atoms with E-state index in [1.807, 2.05) is 6.07 Å². The van der Waals surface area contributed by atoms with Crippen molar-refractivity contribution in [2.24, 2.45) is 5.16 Å². The van der Waals surface area contributed by atoms with Crippen molar-refractivity contribution in [3.63, 3.8) is 0 Å². The summed E-state index contributed by atoms with van der Waals surface area (Å²) in [6.07, 6.45) is 3.96. The smallest absolute Gasteiger partial charge is 0.150 e. The third-order valence-electron chi connectivity index (χ3n) is 1.52. The minimum Gasteiger partial charge on any atom is -0.392 e. The molecule has 72 valence electrons. The monoisotopic (exact) mass is 189 g/mol. The zero-order chi connectivity index (χ0) is 10.2. The molecule has 1 aromatic carbocycles. The second-order valence-electron chi connectivity index (χ2n) is 2.61. The van der Waals surface area contributed by atoms with Crippen molar-refractivity contribution in [1.29, 1.82) is 0 Å². The van der Waals surface area contributed by atoms with Crippen molar-refractivity contribution in [3.8, 4) is 0 Å². The average Bonchev–Trinajstić information content (AvgIpc) is 2.25. The molecule has 0 aliphatic rings. The van der Waals surface area contributed by atoms with E-state index < -0.39 is 0 Å². The van der Waals surface area contributed by atoms with Crippen LogP contribution in [0.4, 0.5) is 0 Å². The predicted octanol–water partition coefficient (Wildman–Crippen LogP) is 2.04. The molecule has 1 rings (SSSR count). The van der Waals surface area contributed by atoms with Gasteiger partial charge in [0.1, 0.15) is 12.9 Å². The highest BCUT2D eigenvalue weighted by atomic mass is 16.6. The first-order valence-electron chi connectivity index (χ1n) is 4.18. The maximum absolute atomic E-state index is 10.4. The lowest BCUT2D eigenvalue weighted by Gasteiger charge is -1.94. The second kappa shape index (κ2) is 5.70. The molecule has 0 radical (unpaired) electrons. The Morgan fingerprint density at radius 3 is 2.93 bits per heavy atom. The molecule has 0 atom stereocenters. The van der Waals surface area contributed by atoms with Gasteiger partial charge in [0, 0.05) is 5.56 Å². The Balaban J connectivity index is 2.61. The van der Waals surface area contributed by atoms with Gasteiger partial charge in [-0.3, -0.25) is 4.79 Å². The Hall–Kier alpha value is -1.90. The zero-order valence-electron chi connectivity index (χ0n) is 7.72. The molecular weight excluding hydrogens is 178 g/mol. The third kappa shape index (κ3) is 3.23. The van der Waals surface area contributed by atoms with Crippen LogP contribution >= 0.6 is 0 Å². The number of benzene rings is 1. The summed E-state index contributed by atoms with van der Waals surface area (Å²) in [5.74, 6) is 0. The highest BCUT2D eigenvalue weighted by Gasteiger charge is 1.90. The van der Waals surface area contributed by atoms with Gasteiger partial charge in [0.15, 0.2) is 0 Å². The molecule has 0 fully saturated rings. The number of aldehydes is 1. The van der Waals surface area contributed by atoms with Gasteiger partial charge >= 0.3 is 0 Å². The van der Waals surface area contributed by atoms with Gasteiger partial charge < -0.3 is 4.84 Å². The first-order chi connectivity index (χ1) is 6.86. The van der Waals surface area contributed by atoms with Crippen molar-refractivity contribution < 1.29 is 9.63 Å². The molecule has 0 spiro atoms.